The fourth-order valence-electron chi connectivity index (χ4n) is 2.44. The molecule has 7 heteroatoms. The Bertz CT molecular complexity index is 565. The highest BCUT2D eigenvalue weighted by Crippen LogP contribution is 2.25. The molecule has 20 heavy (non-hydrogen) atoms. The number of nitrogens with zero attached hydrogens (tertiary/aromatic N) is 1. The van der Waals surface area contributed by atoms with Crippen LogP contribution in [-0.2, 0) is 10.0 Å². The topological polar surface area (TPSA) is 63.4 Å². The van der Waals surface area contributed by atoms with Gasteiger partial charge in [-0.3, -0.25) is 0 Å². The van der Waals surface area contributed by atoms with Gasteiger partial charge in [0.1, 0.15) is 5.82 Å². The molecule has 4 nitrogen and oxygen atoms in total. The van der Waals surface area contributed by atoms with Crippen LogP contribution >= 0.6 is 12.4 Å². The van der Waals surface area contributed by atoms with Crippen LogP contribution in [0.15, 0.2) is 23.1 Å². The Kier molecular flexibility index (Phi) is 5.94. The lowest BCUT2D eigenvalue weighted by atomic mass is 10.1. The zero-order valence-electron chi connectivity index (χ0n) is 11.4. The number of piperidine rings is 1. The van der Waals surface area contributed by atoms with Gasteiger partial charge < -0.3 is 5.73 Å². The van der Waals surface area contributed by atoms with Gasteiger partial charge in [0.15, 0.2) is 0 Å². The van der Waals surface area contributed by atoms with Gasteiger partial charge >= 0.3 is 0 Å². The molecule has 0 amide bonds. The number of aryl methyl sites for hydroxylation is 1. The zero-order valence-corrected chi connectivity index (χ0v) is 13.0. The minimum Gasteiger partial charge on any atom is -0.329 e. The number of rotatable bonds is 3. The number of nitrogens with two attached hydrogens (primary N) is 1. The smallest absolute Gasteiger partial charge is 0.243 e. The minimum atomic E-state index is -3.58. The van der Waals surface area contributed by atoms with E-state index < -0.39 is 15.8 Å². The maximum atomic E-state index is 13.2. The number of sulfonamides is 1. The summed E-state index contributed by atoms with van der Waals surface area (Å²) >= 11 is 0. The van der Waals surface area contributed by atoms with Gasteiger partial charge in [-0.1, -0.05) is 6.42 Å². The molecule has 1 aromatic carbocycles. The fraction of sp³-hybridized carbons (Fsp3) is 0.538. The van der Waals surface area contributed by atoms with E-state index in [9.17, 15) is 12.8 Å². The first-order chi connectivity index (χ1) is 8.96. The number of halogens is 2. The Morgan fingerprint density at radius 1 is 1.40 bits per heavy atom. The fourth-order valence-corrected chi connectivity index (χ4v) is 4.23. The molecule has 1 aromatic rings. The van der Waals surface area contributed by atoms with E-state index in [1.807, 2.05) is 0 Å². The lowest BCUT2D eigenvalue weighted by Crippen LogP contribution is -2.47. The summed E-state index contributed by atoms with van der Waals surface area (Å²) in [5.41, 5.74) is 5.99. The predicted molar refractivity (Wildman–Crippen MR) is 79.0 cm³/mol. The molecule has 0 bridgehead atoms. The van der Waals surface area contributed by atoms with Crippen LogP contribution in [0.2, 0.25) is 0 Å². The van der Waals surface area contributed by atoms with Crippen LogP contribution in [0.1, 0.15) is 24.8 Å². The van der Waals surface area contributed by atoms with Crippen LogP contribution in [-0.4, -0.2) is 31.9 Å². The third-order valence-corrected chi connectivity index (χ3v) is 5.53. The van der Waals surface area contributed by atoms with E-state index in [1.165, 1.54) is 22.5 Å². The standard InChI is InChI=1S/C13H19FN2O2S.ClH/c1-10-8-12(5-6-13(10)14)19(17,18)16-7-3-2-4-11(16)9-15;/h5-6,8,11H,2-4,7,9,15H2,1H3;1H. The Morgan fingerprint density at radius 3 is 2.70 bits per heavy atom. The van der Waals surface area contributed by atoms with Gasteiger partial charge in [0.25, 0.3) is 0 Å². The quantitative estimate of drug-likeness (QED) is 0.926. The Labute approximate surface area is 125 Å². The minimum absolute atomic E-state index is 0. The van der Waals surface area contributed by atoms with E-state index in [0.717, 1.165) is 19.3 Å². The lowest BCUT2D eigenvalue weighted by molar-refractivity contribution is 0.257. The van der Waals surface area contributed by atoms with Gasteiger partial charge in [0, 0.05) is 19.1 Å². The molecule has 0 saturated carbocycles. The molecule has 1 unspecified atom stereocenters. The van der Waals surface area contributed by atoms with Crippen LogP contribution in [0.5, 0.6) is 0 Å². The highest BCUT2D eigenvalue weighted by Gasteiger charge is 2.32. The molecule has 0 spiro atoms. The van der Waals surface area contributed by atoms with E-state index in [-0.39, 0.29) is 23.3 Å². The van der Waals surface area contributed by atoms with E-state index in [4.69, 9.17) is 5.73 Å². The SMILES string of the molecule is Cc1cc(S(=O)(=O)N2CCCCC2CN)ccc1F.Cl. The third kappa shape index (κ3) is 3.31. The molecule has 0 radical (unpaired) electrons. The highest BCUT2D eigenvalue weighted by molar-refractivity contribution is 7.89. The van der Waals surface area contributed by atoms with Crippen LogP contribution in [0.4, 0.5) is 4.39 Å². The first-order valence-corrected chi connectivity index (χ1v) is 7.89. The number of hydrogen-bond acceptors (Lipinski definition) is 3. The molecular weight excluding hydrogens is 303 g/mol. The molecule has 1 aliphatic heterocycles. The van der Waals surface area contributed by atoms with Gasteiger partial charge in [-0.15, -0.1) is 12.4 Å². The first-order valence-electron chi connectivity index (χ1n) is 6.45. The summed E-state index contributed by atoms with van der Waals surface area (Å²) in [6, 6.07) is 3.75. The average molecular weight is 323 g/mol. The molecule has 2 rings (SSSR count). The van der Waals surface area contributed by atoms with E-state index in [2.05, 4.69) is 0 Å². The molecule has 114 valence electrons. The largest absolute Gasteiger partial charge is 0.329 e. The second-order valence-corrected chi connectivity index (χ2v) is 6.80. The van der Waals surface area contributed by atoms with Crippen molar-refractivity contribution >= 4 is 22.4 Å². The summed E-state index contributed by atoms with van der Waals surface area (Å²) in [5.74, 6) is -0.395. The molecule has 1 atom stereocenters. The molecular formula is C13H20ClFN2O2S. The van der Waals surface area contributed by atoms with Crippen LogP contribution in [0.25, 0.3) is 0 Å². The molecule has 1 aliphatic rings. The molecule has 0 aromatic heterocycles. The van der Waals surface area contributed by atoms with Crippen molar-refractivity contribution in [3.63, 3.8) is 0 Å². The summed E-state index contributed by atoms with van der Waals surface area (Å²) < 4.78 is 39.8. The Hall–Kier alpha value is -0.690. The summed E-state index contributed by atoms with van der Waals surface area (Å²) in [5, 5.41) is 0. The van der Waals surface area contributed by atoms with Crippen molar-refractivity contribution in [1.82, 2.24) is 4.31 Å². The van der Waals surface area contributed by atoms with Crippen molar-refractivity contribution < 1.29 is 12.8 Å². The third-order valence-electron chi connectivity index (χ3n) is 3.58. The van der Waals surface area contributed by atoms with Crippen LogP contribution < -0.4 is 5.73 Å². The van der Waals surface area contributed by atoms with E-state index in [1.54, 1.807) is 6.92 Å². The molecule has 1 heterocycles. The van der Waals surface area contributed by atoms with Crippen LogP contribution in [0.3, 0.4) is 0 Å². The average Bonchev–Trinajstić information content (AvgIpc) is 2.41. The van der Waals surface area contributed by atoms with Gasteiger partial charge in [0.2, 0.25) is 10.0 Å². The molecule has 1 fully saturated rings. The molecule has 0 aliphatic carbocycles. The normalized spacial score (nSPS) is 20.4. The van der Waals surface area contributed by atoms with Gasteiger partial charge in [-0.05, 0) is 43.5 Å². The van der Waals surface area contributed by atoms with Gasteiger partial charge in [0.05, 0.1) is 4.90 Å². The maximum absolute atomic E-state index is 13.2. The van der Waals surface area contributed by atoms with Gasteiger partial charge in [-0.25, -0.2) is 12.8 Å². The van der Waals surface area contributed by atoms with Crippen molar-refractivity contribution in [2.45, 2.75) is 37.1 Å². The van der Waals surface area contributed by atoms with Crippen molar-refractivity contribution in [1.29, 1.82) is 0 Å². The summed E-state index contributed by atoms with van der Waals surface area (Å²) in [7, 11) is -3.58. The second-order valence-electron chi connectivity index (χ2n) is 4.91. The predicted octanol–water partition coefficient (Wildman–Crippen LogP) is 2.06. The molecule has 2 N–H and O–H groups in total. The van der Waals surface area contributed by atoms with Gasteiger partial charge in [-0.2, -0.15) is 4.31 Å². The summed E-state index contributed by atoms with van der Waals surface area (Å²) in [6.45, 7) is 2.37. The summed E-state index contributed by atoms with van der Waals surface area (Å²) in [6.07, 6.45) is 2.63. The number of hydrogen-bond donors (Lipinski definition) is 1. The Balaban J connectivity index is 0.00000200. The number of benzene rings is 1. The maximum Gasteiger partial charge on any atom is 0.243 e. The van der Waals surface area contributed by atoms with E-state index >= 15 is 0 Å². The van der Waals surface area contributed by atoms with Crippen molar-refractivity contribution in [2.24, 2.45) is 5.73 Å². The van der Waals surface area contributed by atoms with E-state index in [0.29, 0.717) is 18.7 Å². The monoisotopic (exact) mass is 322 g/mol. The highest BCUT2D eigenvalue weighted by atomic mass is 35.5. The van der Waals surface area contributed by atoms with Crippen molar-refractivity contribution in [2.75, 3.05) is 13.1 Å². The summed E-state index contributed by atoms with van der Waals surface area (Å²) in [4.78, 5) is 0.145. The first kappa shape index (κ1) is 17.4. The van der Waals surface area contributed by atoms with Crippen LogP contribution in [0, 0.1) is 12.7 Å². The Morgan fingerprint density at radius 2 is 2.10 bits per heavy atom. The second kappa shape index (κ2) is 6.85. The zero-order chi connectivity index (χ0) is 14.0. The van der Waals surface area contributed by atoms with Crippen molar-refractivity contribution in [3.05, 3.63) is 29.6 Å². The lowest BCUT2D eigenvalue weighted by Gasteiger charge is -2.33. The molecule has 1 saturated heterocycles. The van der Waals surface area contributed by atoms with Crippen molar-refractivity contribution in [3.8, 4) is 0 Å².